The first-order chi connectivity index (χ1) is 11.7. The molecule has 0 saturated carbocycles. The van der Waals surface area contributed by atoms with Crippen molar-refractivity contribution >= 4 is 16.7 Å². The Morgan fingerprint density at radius 3 is 2.38 bits per heavy atom. The number of hydrogen-bond acceptors (Lipinski definition) is 3. The summed E-state index contributed by atoms with van der Waals surface area (Å²) in [4.78, 5) is 11.9. The van der Waals surface area contributed by atoms with Crippen molar-refractivity contribution in [2.24, 2.45) is 0 Å². The predicted octanol–water partition coefficient (Wildman–Crippen LogP) is 5.76. The molecular weight excluding hydrogens is 298 g/mol. The van der Waals surface area contributed by atoms with Gasteiger partial charge in [0.2, 0.25) is 0 Å². The number of rotatable bonds is 9. The summed E-state index contributed by atoms with van der Waals surface area (Å²) in [5, 5.41) is 10.9. The van der Waals surface area contributed by atoms with Gasteiger partial charge in [-0.05, 0) is 41.5 Å². The van der Waals surface area contributed by atoms with Crippen molar-refractivity contribution in [3.05, 3.63) is 42.0 Å². The van der Waals surface area contributed by atoms with Gasteiger partial charge in [0.15, 0.2) is 0 Å². The molecule has 0 aliphatic carbocycles. The molecular formula is C21H25NO2. The van der Waals surface area contributed by atoms with Crippen molar-refractivity contribution in [1.29, 1.82) is 5.26 Å². The number of nitriles is 1. The monoisotopic (exact) mass is 323 g/mol. The molecule has 24 heavy (non-hydrogen) atoms. The minimum atomic E-state index is -0.170. The first-order valence-corrected chi connectivity index (χ1v) is 8.87. The summed E-state index contributed by atoms with van der Waals surface area (Å²) in [7, 11) is 0. The molecule has 0 fully saturated rings. The molecule has 2 rings (SSSR count). The standard InChI is InChI=1S/C21H25NO2/c1-2-3-4-5-6-7-8-9-21(23)24-20-13-12-18-14-17(16-22)10-11-19(18)15-20/h10-15H,2-9H2,1H3. The third-order valence-electron chi connectivity index (χ3n) is 4.16. The molecule has 3 nitrogen and oxygen atoms in total. The van der Waals surface area contributed by atoms with Crippen LogP contribution in [0.5, 0.6) is 5.75 Å². The van der Waals surface area contributed by atoms with E-state index in [-0.39, 0.29) is 5.97 Å². The second-order valence-electron chi connectivity index (χ2n) is 6.18. The van der Waals surface area contributed by atoms with Crippen LogP contribution in [0.2, 0.25) is 0 Å². The lowest BCUT2D eigenvalue weighted by atomic mass is 10.1. The normalized spacial score (nSPS) is 10.5. The van der Waals surface area contributed by atoms with Crippen LogP contribution in [-0.2, 0) is 4.79 Å². The number of nitrogens with zero attached hydrogens (tertiary/aromatic N) is 1. The van der Waals surface area contributed by atoms with Crippen molar-refractivity contribution in [3.63, 3.8) is 0 Å². The molecule has 0 aliphatic heterocycles. The Morgan fingerprint density at radius 1 is 0.958 bits per heavy atom. The second kappa shape index (κ2) is 9.72. The predicted molar refractivity (Wildman–Crippen MR) is 96.9 cm³/mol. The van der Waals surface area contributed by atoms with Crippen LogP contribution in [0.3, 0.4) is 0 Å². The average Bonchev–Trinajstić information content (AvgIpc) is 2.60. The molecule has 0 aliphatic rings. The number of carbonyl (C=O) groups is 1. The molecule has 2 aromatic carbocycles. The highest BCUT2D eigenvalue weighted by molar-refractivity contribution is 5.86. The van der Waals surface area contributed by atoms with Gasteiger partial charge < -0.3 is 4.74 Å². The molecule has 0 spiro atoms. The van der Waals surface area contributed by atoms with E-state index in [1.54, 1.807) is 12.1 Å². The third kappa shape index (κ3) is 5.70. The SMILES string of the molecule is CCCCCCCCCC(=O)Oc1ccc2cc(C#N)ccc2c1. The van der Waals surface area contributed by atoms with E-state index in [1.165, 1.54) is 32.1 Å². The molecule has 0 radical (unpaired) electrons. The van der Waals surface area contributed by atoms with Crippen molar-refractivity contribution in [3.8, 4) is 11.8 Å². The lowest BCUT2D eigenvalue weighted by Gasteiger charge is -2.06. The molecule has 126 valence electrons. The van der Waals surface area contributed by atoms with Crippen LogP contribution >= 0.6 is 0 Å². The number of carbonyl (C=O) groups excluding carboxylic acids is 1. The Kier molecular flexibility index (Phi) is 7.29. The Morgan fingerprint density at radius 2 is 1.62 bits per heavy atom. The summed E-state index contributed by atoms with van der Waals surface area (Å²) in [6, 6.07) is 13.1. The van der Waals surface area contributed by atoms with Gasteiger partial charge in [0, 0.05) is 6.42 Å². The highest BCUT2D eigenvalue weighted by Gasteiger charge is 2.06. The van der Waals surface area contributed by atoms with Crippen molar-refractivity contribution in [2.45, 2.75) is 58.3 Å². The zero-order valence-corrected chi connectivity index (χ0v) is 14.4. The topological polar surface area (TPSA) is 50.1 Å². The van der Waals surface area contributed by atoms with Crippen LogP contribution in [0, 0.1) is 11.3 Å². The summed E-state index contributed by atoms with van der Waals surface area (Å²) in [5.41, 5.74) is 0.631. The molecule has 0 unspecified atom stereocenters. The summed E-state index contributed by atoms with van der Waals surface area (Å²) in [6.07, 6.45) is 8.78. The molecule has 0 saturated heterocycles. The zero-order chi connectivity index (χ0) is 17.2. The maximum atomic E-state index is 11.9. The summed E-state index contributed by atoms with van der Waals surface area (Å²) in [6.45, 7) is 2.21. The first kappa shape index (κ1) is 18.0. The zero-order valence-electron chi connectivity index (χ0n) is 14.4. The fourth-order valence-electron chi connectivity index (χ4n) is 2.77. The molecule has 0 bridgehead atoms. The van der Waals surface area contributed by atoms with Crippen LogP contribution in [-0.4, -0.2) is 5.97 Å². The fraction of sp³-hybridized carbons (Fsp3) is 0.429. The molecule has 3 heteroatoms. The summed E-state index contributed by atoms with van der Waals surface area (Å²) < 4.78 is 5.42. The number of unbranched alkanes of at least 4 members (excludes halogenated alkanes) is 6. The van der Waals surface area contributed by atoms with Crippen molar-refractivity contribution in [2.75, 3.05) is 0 Å². The molecule has 0 amide bonds. The summed E-state index contributed by atoms with van der Waals surface area (Å²) in [5.74, 6) is 0.400. The smallest absolute Gasteiger partial charge is 0.311 e. The Bertz CT molecular complexity index is 715. The van der Waals surface area contributed by atoms with Crippen molar-refractivity contribution in [1.82, 2.24) is 0 Å². The van der Waals surface area contributed by atoms with Crippen LogP contribution in [0.15, 0.2) is 36.4 Å². The Balaban J connectivity index is 1.77. The lowest BCUT2D eigenvalue weighted by molar-refractivity contribution is -0.134. The van der Waals surface area contributed by atoms with Crippen molar-refractivity contribution < 1.29 is 9.53 Å². The van der Waals surface area contributed by atoms with Gasteiger partial charge in [0.05, 0.1) is 11.6 Å². The lowest BCUT2D eigenvalue weighted by Crippen LogP contribution is -2.07. The van der Waals surface area contributed by atoms with Crippen LogP contribution in [0.4, 0.5) is 0 Å². The van der Waals surface area contributed by atoms with E-state index in [2.05, 4.69) is 13.0 Å². The number of esters is 1. The molecule has 2 aromatic rings. The molecule has 0 atom stereocenters. The highest BCUT2D eigenvalue weighted by Crippen LogP contribution is 2.22. The number of ether oxygens (including phenoxy) is 1. The van der Waals surface area contributed by atoms with Gasteiger partial charge in [-0.15, -0.1) is 0 Å². The fourth-order valence-corrected chi connectivity index (χ4v) is 2.77. The van der Waals surface area contributed by atoms with E-state index < -0.39 is 0 Å². The van der Waals surface area contributed by atoms with E-state index in [0.717, 1.165) is 23.6 Å². The average molecular weight is 323 g/mol. The maximum Gasteiger partial charge on any atom is 0.311 e. The largest absolute Gasteiger partial charge is 0.427 e. The molecule has 0 aromatic heterocycles. The van der Waals surface area contributed by atoms with E-state index in [9.17, 15) is 4.79 Å². The van der Waals surface area contributed by atoms with Crippen LogP contribution in [0.1, 0.15) is 63.9 Å². The van der Waals surface area contributed by atoms with Gasteiger partial charge in [-0.25, -0.2) is 0 Å². The van der Waals surface area contributed by atoms with Gasteiger partial charge >= 0.3 is 5.97 Å². The van der Waals surface area contributed by atoms with Crippen LogP contribution < -0.4 is 4.74 Å². The first-order valence-electron chi connectivity index (χ1n) is 8.87. The van der Waals surface area contributed by atoms with E-state index >= 15 is 0 Å². The van der Waals surface area contributed by atoms with Gasteiger partial charge in [0.1, 0.15) is 5.75 Å². The molecule has 0 N–H and O–H groups in total. The number of hydrogen-bond donors (Lipinski definition) is 0. The minimum Gasteiger partial charge on any atom is -0.427 e. The quantitative estimate of drug-likeness (QED) is 0.335. The maximum absolute atomic E-state index is 11.9. The second-order valence-corrected chi connectivity index (χ2v) is 6.18. The van der Waals surface area contributed by atoms with Gasteiger partial charge in [-0.3, -0.25) is 4.79 Å². The van der Waals surface area contributed by atoms with E-state index in [1.807, 2.05) is 24.3 Å². The Labute approximate surface area is 144 Å². The summed E-state index contributed by atoms with van der Waals surface area (Å²) >= 11 is 0. The third-order valence-corrected chi connectivity index (χ3v) is 4.16. The number of fused-ring (bicyclic) bond motifs is 1. The number of benzene rings is 2. The van der Waals surface area contributed by atoms with E-state index in [4.69, 9.17) is 10.00 Å². The van der Waals surface area contributed by atoms with Gasteiger partial charge in [-0.2, -0.15) is 5.26 Å². The van der Waals surface area contributed by atoms with E-state index in [0.29, 0.717) is 17.7 Å². The minimum absolute atomic E-state index is 0.170. The van der Waals surface area contributed by atoms with Crippen LogP contribution in [0.25, 0.3) is 10.8 Å². The Hall–Kier alpha value is -2.34. The highest BCUT2D eigenvalue weighted by atomic mass is 16.5. The molecule has 0 heterocycles. The van der Waals surface area contributed by atoms with Gasteiger partial charge in [0.25, 0.3) is 0 Å². The van der Waals surface area contributed by atoms with Gasteiger partial charge in [-0.1, -0.05) is 57.6 Å².